The molecule has 1 fully saturated rings. The quantitative estimate of drug-likeness (QED) is 0.552. The molecule has 1 unspecified atom stereocenters. The van der Waals surface area contributed by atoms with Crippen LogP contribution < -0.4 is 5.32 Å². The Labute approximate surface area is 57.1 Å². The molecule has 0 spiro atoms. The first kappa shape index (κ1) is 6.81. The predicted octanol–water partition coefficient (Wildman–Crippen LogP) is 1.56. The van der Waals surface area contributed by atoms with Crippen LogP contribution in [-0.4, -0.2) is 13.1 Å². The summed E-state index contributed by atoms with van der Waals surface area (Å²) in [6, 6.07) is 0. The molecule has 0 aromatic carbocycles. The molecule has 0 aliphatic carbocycles. The molecule has 9 heavy (non-hydrogen) atoms. The van der Waals surface area contributed by atoms with Crippen molar-refractivity contribution < 1.29 is 0 Å². The molecule has 0 radical (unpaired) electrons. The lowest BCUT2D eigenvalue weighted by Crippen LogP contribution is -2.29. The van der Waals surface area contributed by atoms with Crippen molar-refractivity contribution >= 4 is 0 Å². The van der Waals surface area contributed by atoms with E-state index in [0.717, 1.165) is 5.92 Å². The molecular weight excluding hydrogens is 110 g/mol. The number of hydrogen-bond donors (Lipinski definition) is 1. The lowest BCUT2D eigenvalue weighted by atomic mass is 9.96. The van der Waals surface area contributed by atoms with Crippen molar-refractivity contribution in [2.75, 3.05) is 13.1 Å². The lowest BCUT2D eigenvalue weighted by Gasteiger charge is -2.20. The van der Waals surface area contributed by atoms with Crippen LogP contribution in [0.15, 0.2) is 12.7 Å². The Morgan fingerprint density at radius 1 is 1.67 bits per heavy atom. The van der Waals surface area contributed by atoms with E-state index in [1.54, 1.807) is 0 Å². The molecule has 1 nitrogen and oxygen atoms in total. The molecule has 1 heteroatoms. The molecule has 1 heterocycles. The zero-order chi connectivity index (χ0) is 6.53. The summed E-state index contributed by atoms with van der Waals surface area (Å²) in [6.07, 6.45) is 5.95. The van der Waals surface area contributed by atoms with E-state index in [4.69, 9.17) is 0 Å². The van der Waals surface area contributed by atoms with Gasteiger partial charge in [-0.2, -0.15) is 0 Å². The second-order valence-corrected chi connectivity index (χ2v) is 2.74. The summed E-state index contributed by atoms with van der Waals surface area (Å²) < 4.78 is 0. The highest BCUT2D eigenvalue weighted by Crippen LogP contribution is 2.13. The molecule has 52 valence electrons. The Balaban J connectivity index is 2.15. The Kier molecular flexibility index (Phi) is 2.78. The minimum absolute atomic E-state index is 0.872. The molecule has 0 saturated carbocycles. The van der Waals surface area contributed by atoms with Crippen molar-refractivity contribution in [3.8, 4) is 0 Å². The van der Waals surface area contributed by atoms with Gasteiger partial charge in [-0.3, -0.25) is 0 Å². The molecular formula is C8H15N. The van der Waals surface area contributed by atoms with Crippen LogP contribution in [-0.2, 0) is 0 Å². The van der Waals surface area contributed by atoms with E-state index in [1.165, 1.54) is 32.4 Å². The fraction of sp³-hybridized carbons (Fsp3) is 0.750. The minimum Gasteiger partial charge on any atom is -0.316 e. The normalized spacial score (nSPS) is 27.8. The van der Waals surface area contributed by atoms with Crippen molar-refractivity contribution in [3.63, 3.8) is 0 Å². The number of rotatable bonds is 2. The van der Waals surface area contributed by atoms with Gasteiger partial charge >= 0.3 is 0 Å². The second-order valence-electron chi connectivity index (χ2n) is 2.74. The van der Waals surface area contributed by atoms with Gasteiger partial charge in [0.15, 0.2) is 0 Å². The third-order valence-electron chi connectivity index (χ3n) is 1.90. The number of hydrogen-bond acceptors (Lipinski definition) is 1. The highest BCUT2D eigenvalue weighted by atomic mass is 14.9. The third kappa shape index (κ3) is 2.19. The van der Waals surface area contributed by atoms with Gasteiger partial charge in [-0.1, -0.05) is 6.08 Å². The lowest BCUT2D eigenvalue weighted by molar-refractivity contribution is 0.381. The Hall–Kier alpha value is -0.300. The number of allylic oxidation sites excluding steroid dienone is 1. The van der Waals surface area contributed by atoms with E-state index in [1.807, 2.05) is 6.08 Å². The Morgan fingerprint density at radius 2 is 2.56 bits per heavy atom. The first-order valence-electron chi connectivity index (χ1n) is 3.75. The van der Waals surface area contributed by atoms with Crippen LogP contribution in [0, 0.1) is 5.92 Å². The molecule has 0 aromatic rings. The zero-order valence-corrected chi connectivity index (χ0v) is 5.90. The Bertz CT molecular complexity index is 82.6. The van der Waals surface area contributed by atoms with Crippen molar-refractivity contribution in [1.29, 1.82) is 0 Å². The smallest absolute Gasteiger partial charge is 0.00175 e. The van der Waals surface area contributed by atoms with E-state index in [0.29, 0.717) is 0 Å². The third-order valence-corrected chi connectivity index (χ3v) is 1.90. The molecule has 1 aliphatic heterocycles. The van der Waals surface area contributed by atoms with Crippen LogP contribution in [0.25, 0.3) is 0 Å². The van der Waals surface area contributed by atoms with Gasteiger partial charge < -0.3 is 5.32 Å². The molecule has 0 amide bonds. The largest absolute Gasteiger partial charge is 0.316 e. The van der Waals surface area contributed by atoms with Crippen LogP contribution in [0.4, 0.5) is 0 Å². The van der Waals surface area contributed by atoms with E-state index in [2.05, 4.69) is 11.9 Å². The molecule has 0 aromatic heterocycles. The summed E-state index contributed by atoms with van der Waals surface area (Å²) >= 11 is 0. The highest BCUT2D eigenvalue weighted by molar-refractivity contribution is 4.77. The maximum atomic E-state index is 3.73. The maximum Gasteiger partial charge on any atom is -0.00175 e. The van der Waals surface area contributed by atoms with Gasteiger partial charge in [-0.15, -0.1) is 6.58 Å². The molecule has 1 aliphatic rings. The van der Waals surface area contributed by atoms with E-state index in [-0.39, 0.29) is 0 Å². The van der Waals surface area contributed by atoms with Gasteiger partial charge in [0.05, 0.1) is 0 Å². The number of piperidine rings is 1. The van der Waals surface area contributed by atoms with Crippen molar-refractivity contribution in [3.05, 3.63) is 12.7 Å². The van der Waals surface area contributed by atoms with Gasteiger partial charge in [-0.05, 0) is 38.3 Å². The van der Waals surface area contributed by atoms with Crippen molar-refractivity contribution in [1.82, 2.24) is 5.32 Å². The van der Waals surface area contributed by atoms with E-state index < -0.39 is 0 Å². The maximum absolute atomic E-state index is 3.73. The first-order chi connectivity index (χ1) is 4.43. The average Bonchev–Trinajstić information content (AvgIpc) is 1.91. The van der Waals surface area contributed by atoms with Crippen molar-refractivity contribution in [2.45, 2.75) is 19.3 Å². The topological polar surface area (TPSA) is 12.0 Å². The number of nitrogens with one attached hydrogen (secondary N) is 1. The second kappa shape index (κ2) is 3.67. The minimum atomic E-state index is 0.872. The summed E-state index contributed by atoms with van der Waals surface area (Å²) in [5.74, 6) is 0.872. The summed E-state index contributed by atoms with van der Waals surface area (Å²) in [6.45, 7) is 6.14. The fourth-order valence-corrected chi connectivity index (χ4v) is 1.36. The predicted molar refractivity (Wildman–Crippen MR) is 40.4 cm³/mol. The van der Waals surface area contributed by atoms with Crippen LogP contribution >= 0.6 is 0 Å². The van der Waals surface area contributed by atoms with E-state index >= 15 is 0 Å². The van der Waals surface area contributed by atoms with Crippen LogP contribution in [0.3, 0.4) is 0 Å². The fourth-order valence-electron chi connectivity index (χ4n) is 1.36. The summed E-state index contributed by atoms with van der Waals surface area (Å²) in [5.41, 5.74) is 0. The zero-order valence-electron chi connectivity index (χ0n) is 5.90. The van der Waals surface area contributed by atoms with Gasteiger partial charge in [-0.25, -0.2) is 0 Å². The average molecular weight is 125 g/mol. The molecule has 1 atom stereocenters. The highest BCUT2D eigenvalue weighted by Gasteiger charge is 2.09. The Morgan fingerprint density at radius 3 is 3.11 bits per heavy atom. The van der Waals surface area contributed by atoms with Crippen LogP contribution in [0.5, 0.6) is 0 Å². The summed E-state index contributed by atoms with van der Waals surface area (Å²) in [7, 11) is 0. The van der Waals surface area contributed by atoms with Gasteiger partial charge in [0.25, 0.3) is 0 Å². The first-order valence-corrected chi connectivity index (χ1v) is 3.75. The van der Waals surface area contributed by atoms with E-state index in [9.17, 15) is 0 Å². The van der Waals surface area contributed by atoms with Crippen LogP contribution in [0.2, 0.25) is 0 Å². The SMILES string of the molecule is C=CCC1CCCNC1. The van der Waals surface area contributed by atoms with Crippen molar-refractivity contribution in [2.24, 2.45) is 5.92 Å². The molecule has 0 bridgehead atoms. The molecule has 1 N–H and O–H groups in total. The molecule has 1 rings (SSSR count). The summed E-state index contributed by atoms with van der Waals surface area (Å²) in [5, 5.41) is 3.37. The van der Waals surface area contributed by atoms with Crippen LogP contribution in [0.1, 0.15) is 19.3 Å². The summed E-state index contributed by atoms with van der Waals surface area (Å²) in [4.78, 5) is 0. The van der Waals surface area contributed by atoms with Gasteiger partial charge in [0, 0.05) is 0 Å². The monoisotopic (exact) mass is 125 g/mol. The van der Waals surface area contributed by atoms with Gasteiger partial charge in [0.1, 0.15) is 0 Å². The van der Waals surface area contributed by atoms with Gasteiger partial charge in [0.2, 0.25) is 0 Å². The standard InChI is InChI=1S/C8H15N/c1-2-4-8-5-3-6-9-7-8/h2,8-9H,1,3-7H2. The molecule has 1 saturated heterocycles.